The van der Waals surface area contributed by atoms with E-state index >= 15 is 0 Å². The molecule has 0 radical (unpaired) electrons. The second-order valence-corrected chi connectivity index (χ2v) is 19.8. The fourth-order valence-electron chi connectivity index (χ4n) is 8.85. The fraction of sp³-hybridized carbons (Fsp3) is 0.440. The van der Waals surface area contributed by atoms with Gasteiger partial charge in [0, 0.05) is 41.2 Å². The van der Waals surface area contributed by atoms with Crippen molar-refractivity contribution in [2.75, 3.05) is 23.8 Å². The molecular weight excluding hydrogens is 823 g/mol. The zero-order valence-electron chi connectivity index (χ0n) is 37.9. The predicted octanol–water partition coefficient (Wildman–Crippen LogP) is 9.22. The van der Waals surface area contributed by atoms with Crippen LogP contribution in [0.3, 0.4) is 0 Å². The first-order valence-electron chi connectivity index (χ1n) is 22.7. The summed E-state index contributed by atoms with van der Waals surface area (Å²) in [7, 11) is 0. The highest BCUT2D eigenvalue weighted by molar-refractivity contribution is 5.95. The third-order valence-corrected chi connectivity index (χ3v) is 13.4. The van der Waals surface area contributed by atoms with Gasteiger partial charge in [0.15, 0.2) is 0 Å². The molecule has 0 spiro atoms. The van der Waals surface area contributed by atoms with Gasteiger partial charge in [-0.05, 0) is 116 Å². The van der Waals surface area contributed by atoms with E-state index in [0.717, 1.165) is 64.8 Å². The fourth-order valence-corrected chi connectivity index (χ4v) is 8.85. The smallest absolute Gasteiger partial charge is 0.340 e. The molecule has 6 aromatic rings. The Morgan fingerprint density at radius 1 is 0.754 bits per heavy atom. The van der Waals surface area contributed by atoms with E-state index < -0.39 is 16.4 Å². The average Bonchev–Trinajstić information content (AvgIpc) is 4.24. The quantitative estimate of drug-likeness (QED) is 0.0875. The normalized spacial score (nSPS) is 20.7. The summed E-state index contributed by atoms with van der Waals surface area (Å²) in [6.07, 6.45) is 13.2. The van der Waals surface area contributed by atoms with Crippen molar-refractivity contribution in [1.29, 1.82) is 0 Å². The van der Waals surface area contributed by atoms with Crippen LogP contribution in [0.25, 0.3) is 21.5 Å². The van der Waals surface area contributed by atoms with Gasteiger partial charge in [0.25, 0.3) is 0 Å². The zero-order valence-corrected chi connectivity index (χ0v) is 37.9. The molecule has 65 heavy (non-hydrogen) atoms. The van der Waals surface area contributed by atoms with Crippen LogP contribution < -0.4 is 25.8 Å². The standard InChI is InChI=1S/C50H55N9O6/c1-8-50(7,51)36-23-55-45(35-22-53-41(19-32(35)36)57-39-16-14-30-43(59-39)49(5,6)25-63-47(30)61)65-37-17-27(37)10-9-26(2)33-20-54-44(64-28-11-12-28)34-21-52-40(18-31(33)34)56-38-15-13-29-42(58-38)48(3,4)24-62-46(29)60/h13-16,18-23,26-28,37H,8-12,17,24-25,51H2,1-7H3,(H,52,56,58)(H,53,57,59)/t26-,27?,37?,50-/m1/s1. The number of cyclic esters (lactones) is 2. The molecule has 6 aromatic heterocycles. The maximum atomic E-state index is 12.5. The molecule has 4 N–H and O–H groups in total. The number of ether oxygens (including phenoxy) is 4. The van der Waals surface area contributed by atoms with Crippen LogP contribution in [0.4, 0.5) is 23.3 Å². The van der Waals surface area contributed by atoms with Crippen molar-refractivity contribution in [3.63, 3.8) is 0 Å². The number of nitrogens with one attached hydrogen (secondary N) is 2. The molecular formula is C50H55N9O6. The average molecular weight is 878 g/mol. The number of hydrogen-bond donors (Lipinski definition) is 3. The predicted molar refractivity (Wildman–Crippen MR) is 246 cm³/mol. The van der Waals surface area contributed by atoms with Crippen LogP contribution in [-0.2, 0) is 25.8 Å². The van der Waals surface area contributed by atoms with Crippen LogP contribution in [-0.4, -0.2) is 67.3 Å². The third-order valence-electron chi connectivity index (χ3n) is 13.4. The van der Waals surface area contributed by atoms with Gasteiger partial charge < -0.3 is 35.3 Å². The highest BCUT2D eigenvalue weighted by Gasteiger charge is 2.41. The first-order chi connectivity index (χ1) is 31.1. The molecule has 0 saturated heterocycles. The molecule has 0 amide bonds. The number of hydrogen-bond acceptors (Lipinski definition) is 15. The minimum atomic E-state index is -0.643. The van der Waals surface area contributed by atoms with Gasteiger partial charge in [-0.25, -0.2) is 39.5 Å². The number of nitrogens with zero attached hydrogens (tertiary/aromatic N) is 6. The van der Waals surface area contributed by atoms with Crippen molar-refractivity contribution in [3.05, 3.63) is 94.8 Å². The van der Waals surface area contributed by atoms with Crippen LogP contribution >= 0.6 is 0 Å². The second kappa shape index (κ2) is 15.9. The topological polar surface area (TPSA) is 198 Å². The number of carbonyl (C=O) groups excluding carboxylic acids is 2. The molecule has 4 atom stereocenters. The van der Waals surface area contributed by atoms with Gasteiger partial charge in [0.05, 0.1) is 33.3 Å². The molecule has 4 aliphatic rings. The van der Waals surface area contributed by atoms with Crippen LogP contribution in [0, 0.1) is 5.92 Å². The molecule has 2 aliphatic heterocycles. The summed E-state index contributed by atoms with van der Waals surface area (Å²) in [6.45, 7) is 14.9. The Hall–Kier alpha value is -6.48. The number of anilines is 4. The van der Waals surface area contributed by atoms with E-state index in [1.54, 1.807) is 30.5 Å². The second-order valence-electron chi connectivity index (χ2n) is 19.8. The van der Waals surface area contributed by atoms with Gasteiger partial charge in [-0.1, -0.05) is 41.5 Å². The number of esters is 2. The summed E-state index contributed by atoms with van der Waals surface area (Å²) in [4.78, 5) is 53.8. The molecule has 15 nitrogen and oxygen atoms in total. The highest BCUT2D eigenvalue weighted by Crippen LogP contribution is 2.44. The molecule has 2 saturated carbocycles. The summed E-state index contributed by atoms with van der Waals surface area (Å²) >= 11 is 0. The Morgan fingerprint density at radius 3 is 1.89 bits per heavy atom. The van der Waals surface area contributed by atoms with E-state index in [1.165, 1.54) is 0 Å². The number of rotatable bonds is 14. The minimum Gasteiger partial charge on any atom is -0.474 e. The Morgan fingerprint density at radius 2 is 1.31 bits per heavy atom. The van der Waals surface area contributed by atoms with Gasteiger partial charge in [0.1, 0.15) is 48.7 Å². The minimum absolute atomic E-state index is 0.0202. The molecule has 2 aliphatic carbocycles. The molecule has 0 aromatic carbocycles. The number of pyridine rings is 6. The zero-order chi connectivity index (χ0) is 45.4. The number of nitrogens with two attached hydrogens (primary N) is 1. The van der Waals surface area contributed by atoms with Crippen LogP contribution in [0.2, 0.25) is 0 Å². The van der Waals surface area contributed by atoms with Crippen LogP contribution in [0.15, 0.2) is 61.2 Å². The Bertz CT molecular complexity index is 2900. The number of aromatic nitrogens is 6. The lowest BCUT2D eigenvalue weighted by Crippen LogP contribution is -2.35. The molecule has 0 bridgehead atoms. The lowest BCUT2D eigenvalue weighted by Gasteiger charge is -2.30. The van der Waals surface area contributed by atoms with E-state index in [1.807, 2.05) is 65.3 Å². The van der Waals surface area contributed by atoms with E-state index in [-0.39, 0.29) is 43.3 Å². The summed E-state index contributed by atoms with van der Waals surface area (Å²) in [5.74, 6) is 3.37. The van der Waals surface area contributed by atoms with Crippen molar-refractivity contribution in [1.82, 2.24) is 29.9 Å². The maximum absolute atomic E-state index is 12.5. The molecule has 8 heterocycles. The van der Waals surface area contributed by atoms with Crippen LogP contribution in [0.5, 0.6) is 11.8 Å². The summed E-state index contributed by atoms with van der Waals surface area (Å²) < 4.78 is 23.7. The van der Waals surface area contributed by atoms with Gasteiger partial charge >= 0.3 is 11.9 Å². The van der Waals surface area contributed by atoms with E-state index in [4.69, 9.17) is 54.6 Å². The van der Waals surface area contributed by atoms with Gasteiger partial charge in [-0.2, -0.15) is 0 Å². The first kappa shape index (κ1) is 42.5. The monoisotopic (exact) mass is 877 g/mol. The maximum Gasteiger partial charge on any atom is 0.340 e. The molecule has 15 heteroatoms. The van der Waals surface area contributed by atoms with Crippen molar-refractivity contribution >= 4 is 56.8 Å². The molecule has 336 valence electrons. The summed E-state index contributed by atoms with van der Waals surface area (Å²) in [6, 6.07) is 11.1. The molecule has 2 fully saturated rings. The lowest BCUT2D eigenvalue weighted by atomic mass is 9.85. The largest absolute Gasteiger partial charge is 0.474 e. The van der Waals surface area contributed by atoms with Gasteiger partial charge in [0.2, 0.25) is 11.8 Å². The lowest BCUT2D eigenvalue weighted by molar-refractivity contribution is 0.0359. The van der Waals surface area contributed by atoms with Crippen LogP contribution in [0.1, 0.15) is 136 Å². The first-order valence-corrected chi connectivity index (χ1v) is 22.7. The number of carbonyl (C=O) groups is 2. The van der Waals surface area contributed by atoms with Crippen molar-refractivity contribution in [3.8, 4) is 11.8 Å². The van der Waals surface area contributed by atoms with Gasteiger partial charge in [-0.15, -0.1) is 0 Å². The summed E-state index contributed by atoms with van der Waals surface area (Å²) in [5.41, 5.74) is 9.75. The van der Waals surface area contributed by atoms with Crippen molar-refractivity contribution in [2.45, 2.75) is 121 Å². The van der Waals surface area contributed by atoms with Crippen molar-refractivity contribution < 1.29 is 28.5 Å². The van der Waals surface area contributed by atoms with E-state index in [9.17, 15) is 9.59 Å². The Balaban J connectivity index is 0.858. The Labute approximate surface area is 377 Å². The third kappa shape index (κ3) is 8.26. The van der Waals surface area contributed by atoms with E-state index in [2.05, 4.69) is 24.5 Å². The molecule has 10 rings (SSSR count). The molecule has 2 unspecified atom stereocenters. The van der Waals surface area contributed by atoms with Gasteiger partial charge in [-0.3, -0.25) is 0 Å². The number of fused-ring (bicyclic) bond motifs is 4. The van der Waals surface area contributed by atoms with E-state index in [0.29, 0.717) is 69.9 Å². The highest BCUT2D eigenvalue weighted by atomic mass is 16.5. The summed E-state index contributed by atoms with van der Waals surface area (Å²) in [5, 5.41) is 10.3. The Kier molecular flexibility index (Phi) is 10.4. The van der Waals surface area contributed by atoms with Crippen molar-refractivity contribution in [2.24, 2.45) is 11.7 Å². The SMILES string of the molecule is CC[C@@](C)(N)c1cnc(OC2CC2CC[C@@H](C)c2cnc(OC3CC3)c3cnc(Nc4ccc5c(n4)C(C)(C)COC5=O)cc23)c2cnc(Nc3ccc4c(n3)C(C)(C)COC4=O)cc12.